The average molecular weight is 341 g/mol. The standard InChI is InChI=1S/C16H14F3NO4/c1-2-23-15(22)12(14(21)10-6-4-3-5-7-10)8-11-9-13(24-20-11)16(17,18)19/h3-7,9,12H,2,8H2,1H3. The van der Waals surface area contributed by atoms with Crippen LogP contribution in [0.5, 0.6) is 0 Å². The molecule has 2 rings (SSSR count). The van der Waals surface area contributed by atoms with Crippen LogP contribution in [-0.4, -0.2) is 23.5 Å². The molecule has 1 unspecified atom stereocenters. The molecule has 24 heavy (non-hydrogen) atoms. The lowest BCUT2D eigenvalue weighted by atomic mass is 9.93. The van der Waals surface area contributed by atoms with Crippen molar-refractivity contribution in [3.63, 3.8) is 0 Å². The highest BCUT2D eigenvalue weighted by molar-refractivity contribution is 6.08. The average Bonchev–Trinajstić information content (AvgIpc) is 3.02. The highest BCUT2D eigenvalue weighted by Crippen LogP contribution is 2.30. The maximum atomic E-state index is 12.5. The number of ketones is 1. The van der Waals surface area contributed by atoms with Crippen molar-refractivity contribution < 1.29 is 32.0 Å². The van der Waals surface area contributed by atoms with Crippen LogP contribution < -0.4 is 0 Å². The maximum absolute atomic E-state index is 12.5. The number of esters is 1. The molecule has 0 aliphatic heterocycles. The van der Waals surface area contributed by atoms with E-state index in [4.69, 9.17) is 4.74 Å². The first-order valence-corrected chi connectivity index (χ1v) is 7.11. The van der Waals surface area contributed by atoms with Gasteiger partial charge in [-0.15, -0.1) is 0 Å². The molecule has 128 valence electrons. The Kier molecular flexibility index (Phi) is 5.38. The molecule has 0 spiro atoms. The largest absolute Gasteiger partial charge is 0.465 e. The van der Waals surface area contributed by atoms with Gasteiger partial charge < -0.3 is 9.26 Å². The smallest absolute Gasteiger partial charge is 0.452 e. The number of halogens is 3. The third-order valence-corrected chi connectivity index (χ3v) is 3.20. The van der Waals surface area contributed by atoms with Crippen LogP contribution in [0.1, 0.15) is 28.7 Å². The molecule has 0 fully saturated rings. The van der Waals surface area contributed by atoms with E-state index in [1.54, 1.807) is 25.1 Å². The van der Waals surface area contributed by atoms with Crippen molar-refractivity contribution in [3.8, 4) is 0 Å². The summed E-state index contributed by atoms with van der Waals surface area (Å²) in [4.78, 5) is 24.5. The van der Waals surface area contributed by atoms with Crippen molar-refractivity contribution in [1.29, 1.82) is 0 Å². The number of benzene rings is 1. The molecule has 0 bridgehead atoms. The number of aromatic nitrogens is 1. The second kappa shape index (κ2) is 7.29. The number of rotatable bonds is 6. The van der Waals surface area contributed by atoms with Gasteiger partial charge in [0, 0.05) is 18.1 Å². The minimum Gasteiger partial charge on any atom is -0.465 e. The lowest BCUT2D eigenvalue weighted by Crippen LogP contribution is -2.28. The van der Waals surface area contributed by atoms with Crippen LogP contribution in [0.4, 0.5) is 13.2 Å². The molecule has 2 aromatic rings. The van der Waals surface area contributed by atoms with Crippen LogP contribution in [0, 0.1) is 5.92 Å². The first-order valence-electron chi connectivity index (χ1n) is 7.11. The van der Waals surface area contributed by atoms with E-state index in [2.05, 4.69) is 9.68 Å². The van der Waals surface area contributed by atoms with Gasteiger partial charge in [0.05, 0.1) is 12.3 Å². The van der Waals surface area contributed by atoms with Crippen molar-refractivity contribution in [2.75, 3.05) is 6.61 Å². The second-order valence-electron chi connectivity index (χ2n) is 4.92. The SMILES string of the molecule is CCOC(=O)C(Cc1cc(C(F)(F)F)on1)C(=O)c1ccccc1. The van der Waals surface area contributed by atoms with Gasteiger partial charge >= 0.3 is 12.1 Å². The normalized spacial score (nSPS) is 12.7. The van der Waals surface area contributed by atoms with E-state index in [-0.39, 0.29) is 24.3 Å². The molecule has 1 atom stereocenters. The fraction of sp³-hybridized carbons (Fsp3) is 0.312. The zero-order chi connectivity index (χ0) is 17.7. The van der Waals surface area contributed by atoms with E-state index in [0.29, 0.717) is 6.07 Å². The van der Waals surface area contributed by atoms with Gasteiger partial charge in [0.2, 0.25) is 5.76 Å². The van der Waals surface area contributed by atoms with E-state index in [9.17, 15) is 22.8 Å². The molecular weight excluding hydrogens is 327 g/mol. The van der Waals surface area contributed by atoms with Gasteiger partial charge in [-0.2, -0.15) is 13.2 Å². The van der Waals surface area contributed by atoms with Gasteiger partial charge in [0.1, 0.15) is 5.92 Å². The van der Waals surface area contributed by atoms with Crippen LogP contribution in [0.25, 0.3) is 0 Å². The van der Waals surface area contributed by atoms with Crippen LogP contribution in [0.2, 0.25) is 0 Å². The summed E-state index contributed by atoms with van der Waals surface area (Å²) in [6.07, 6.45) is -5.03. The Bertz CT molecular complexity index is 710. The molecule has 0 radical (unpaired) electrons. The first kappa shape index (κ1) is 17.7. The molecule has 1 aromatic heterocycles. The lowest BCUT2D eigenvalue weighted by Gasteiger charge is -2.13. The van der Waals surface area contributed by atoms with E-state index in [0.717, 1.165) is 0 Å². The minimum absolute atomic E-state index is 0.0457. The molecule has 5 nitrogen and oxygen atoms in total. The Morgan fingerprint density at radius 3 is 2.46 bits per heavy atom. The summed E-state index contributed by atoms with van der Waals surface area (Å²) in [5, 5.41) is 3.29. The summed E-state index contributed by atoms with van der Waals surface area (Å²) in [7, 11) is 0. The summed E-state index contributed by atoms with van der Waals surface area (Å²) in [5.74, 6) is -3.95. The number of carbonyl (C=O) groups excluding carboxylic acids is 2. The molecule has 0 N–H and O–H groups in total. The fourth-order valence-electron chi connectivity index (χ4n) is 2.08. The zero-order valence-electron chi connectivity index (χ0n) is 12.7. The molecule has 0 saturated heterocycles. The quantitative estimate of drug-likeness (QED) is 0.458. The van der Waals surface area contributed by atoms with Gasteiger partial charge in [0.15, 0.2) is 5.78 Å². The van der Waals surface area contributed by atoms with Crippen LogP contribution in [0.15, 0.2) is 40.9 Å². The molecule has 0 saturated carbocycles. The molecule has 8 heteroatoms. The van der Waals surface area contributed by atoms with Gasteiger partial charge in [-0.05, 0) is 6.92 Å². The number of nitrogens with zero attached hydrogens (tertiary/aromatic N) is 1. The Labute approximate surface area is 135 Å². The minimum atomic E-state index is -4.69. The lowest BCUT2D eigenvalue weighted by molar-refractivity contribution is -0.155. The summed E-state index contributed by atoms with van der Waals surface area (Å²) in [5.41, 5.74) is 0.111. The van der Waals surface area contributed by atoms with Crippen LogP contribution in [0.3, 0.4) is 0 Å². The number of ether oxygens (including phenoxy) is 1. The number of hydrogen-bond donors (Lipinski definition) is 0. The fourth-order valence-corrected chi connectivity index (χ4v) is 2.08. The number of carbonyl (C=O) groups is 2. The van der Waals surface area contributed by atoms with Gasteiger partial charge in [-0.3, -0.25) is 9.59 Å². The van der Waals surface area contributed by atoms with E-state index in [1.165, 1.54) is 12.1 Å². The molecule has 0 aliphatic rings. The Morgan fingerprint density at radius 2 is 1.92 bits per heavy atom. The summed E-state index contributed by atoms with van der Waals surface area (Å²) in [6.45, 7) is 1.61. The van der Waals surface area contributed by atoms with Crippen LogP contribution in [-0.2, 0) is 22.1 Å². The summed E-state index contributed by atoms with van der Waals surface area (Å²) < 4.78 is 46.7. The Hall–Kier alpha value is -2.64. The first-order chi connectivity index (χ1) is 11.3. The van der Waals surface area contributed by atoms with Crippen molar-refractivity contribution in [1.82, 2.24) is 5.16 Å². The highest BCUT2D eigenvalue weighted by atomic mass is 19.4. The highest BCUT2D eigenvalue weighted by Gasteiger charge is 2.37. The molecule has 0 amide bonds. The topological polar surface area (TPSA) is 69.4 Å². The van der Waals surface area contributed by atoms with E-state index >= 15 is 0 Å². The van der Waals surface area contributed by atoms with Gasteiger partial charge in [0.25, 0.3) is 0 Å². The Balaban J connectivity index is 2.25. The van der Waals surface area contributed by atoms with E-state index < -0.39 is 29.6 Å². The summed E-state index contributed by atoms with van der Waals surface area (Å²) in [6, 6.07) is 8.63. The predicted molar refractivity (Wildman–Crippen MR) is 76.1 cm³/mol. The monoisotopic (exact) mass is 341 g/mol. The third kappa shape index (κ3) is 4.21. The molecule has 0 aliphatic carbocycles. The summed E-state index contributed by atoms with van der Waals surface area (Å²) >= 11 is 0. The second-order valence-corrected chi connectivity index (χ2v) is 4.92. The number of hydrogen-bond acceptors (Lipinski definition) is 5. The number of alkyl halides is 3. The molecule has 1 heterocycles. The predicted octanol–water partition coefficient (Wildman–Crippen LogP) is 3.30. The molecular formula is C16H14F3NO4. The van der Waals surface area contributed by atoms with Crippen LogP contribution >= 0.6 is 0 Å². The Morgan fingerprint density at radius 1 is 1.25 bits per heavy atom. The van der Waals surface area contributed by atoms with Crippen molar-refractivity contribution in [2.24, 2.45) is 5.92 Å². The number of Topliss-reactive ketones (excluding diaryl/α,β-unsaturated/α-hetero) is 1. The maximum Gasteiger partial charge on any atom is 0.452 e. The van der Waals surface area contributed by atoms with E-state index in [1.807, 2.05) is 0 Å². The van der Waals surface area contributed by atoms with Crippen molar-refractivity contribution in [3.05, 3.63) is 53.4 Å². The van der Waals surface area contributed by atoms with Gasteiger partial charge in [-0.25, -0.2) is 0 Å². The molecule has 1 aromatic carbocycles. The van der Waals surface area contributed by atoms with Gasteiger partial charge in [-0.1, -0.05) is 35.5 Å². The third-order valence-electron chi connectivity index (χ3n) is 3.20. The van der Waals surface area contributed by atoms with Crippen molar-refractivity contribution in [2.45, 2.75) is 19.5 Å². The van der Waals surface area contributed by atoms with Crippen molar-refractivity contribution >= 4 is 11.8 Å². The zero-order valence-corrected chi connectivity index (χ0v) is 12.7.